The Balaban J connectivity index is 1.83. The van der Waals surface area contributed by atoms with Crippen molar-refractivity contribution in [3.8, 4) is 11.1 Å². The van der Waals surface area contributed by atoms with Crippen LogP contribution in [0, 0.1) is 6.92 Å². The van der Waals surface area contributed by atoms with Crippen LogP contribution in [0.3, 0.4) is 0 Å². The van der Waals surface area contributed by atoms with Crippen molar-refractivity contribution in [3.63, 3.8) is 0 Å². The van der Waals surface area contributed by atoms with Crippen molar-refractivity contribution in [3.05, 3.63) is 95.0 Å². The van der Waals surface area contributed by atoms with Crippen LogP contribution in [-0.2, 0) is 0 Å². The summed E-state index contributed by atoms with van der Waals surface area (Å²) in [6.07, 6.45) is 0. The first-order chi connectivity index (χ1) is 12.6. The molecule has 0 unspecified atom stereocenters. The molecule has 0 aliphatic heterocycles. The van der Waals surface area contributed by atoms with Gasteiger partial charge in [-0.3, -0.25) is 0 Å². The average Bonchev–Trinajstić information content (AvgIpc) is 2.67. The van der Waals surface area contributed by atoms with Crippen LogP contribution in [0.2, 0.25) is 0 Å². The number of hydrogen-bond donors (Lipinski definition) is 0. The number of para-hydroxylation sites is 2. The molecular weight excluding hydrogens is 382 g/mol. The van der Waals surface area contributed by atoms with Gasteiger partial charge in [0.2, 0.25) is 0 Å². The molecule has 0 aromatic heterocycles. The third kappa shape index (κ3) is 3.13. The van der Waals surface area contributed by atoms with Gasteiger partial charge in [-0.2, -0.15) is 0 Å². The largest absolute Gasteiger partial charge is 0.344 e. The first-order valence-corrected chi connectivity index (χ1v) is 9.51. The van der Waals surface area contributed by atoms with E-state index in [0.717, 1.165) is 4.47 Å². The molecule has 0 saturated heterocycles. The number of benzene rings is 4. The van der Waals surface area contributed by atoms with Crippen LogP contribution in [0.15, 0.2) is 89.4 Å². The summed E-state index contributed by atoms with van der Waals surface area (Å²) < 4.78 is 1.11. The van der Waals surface area contributed by atoms with Gasteiger partial charge in [-0.25, -0.2) is 0 Å². The number of anilines is 2. The minimum absolute atomic E-state index is 1.11. The standard InChI is InChI=1S/C24H20BrN/c1-17-7-3-5-9-23(17)26(2)24-10-6-4-8-22(24)20-12-11-19-16-21(25)14-13-18(19)15-20/h3-16H,1-2H3. The molecule has 4 rings (SSSR count). The number of fused-ring (bicyclic) bond motifs is 1. The first-order valence-electron chi connectivity index (χ1n) is 8.71. The maximum Gasteiger partial charge on any atom is 0.0487 e. The lowest BCUT2D eigenvalue weighted by molar-refractivity contribution is 1.19. The zero-order valence-corrected chi connectivity index (χ0v) is 16.5. The van der Waals surface area contributed by atoms with Crippen LogP contribution >= 0.6 is 15.9 Å². The lowest BCUT2D eigenvalue weighted by Gasteiger charge is -2.24. The molecule has 0 spiro atoms. The Hall–Kier alpha value is -2.58. The maximum absolute atomic E-state index is 3.55. The highest BCUT2D eigenvalue weighted by Gasteiger charge is 2.12. The summed E-state index contributed by atoms with van der Waals surface area (Å²) in [6.45, 7) is 2.16. The average molecular weight is 402 g/mol. The number of hydrogen-bond acceptors (Lipinski definition) is 1. The van der Waals surface area contributed by atoms with Crippen LogP contribution in [0.25, 0.3) is 21.9 Å². The molecule has 0 saturated carbocycles. The SMILES string of the molecule is Cc1ccccc1N(C)c1ccccc1-c1ccc2cc(Br)ccc2c1. The maximum atomic E-state index is 3.55. The minimum atomic E-state index is 1.11. The van der Waals surface area contributed by atoms with E-state index >= 15 is 0 Å². The van der Waals surface area contributed by atoms with Crippen LogP contribution in [0.4, 0.5) is 11.4 Å². The molecule has 0 heterocycles. The van der Waals surface area contributed by atoms with Gasteiger partial charge in [0.1, 0.15) is 0 Å². The molecule has 26 heavy (non-hydrogen) atoms. The van der Waals surface area contributed by atoms with E-state index in [0.29, 0.717) is 0 Å². The highest BCUT2D eigenvalue weighted by molar-refractivity contribution is 9.10. The second-order valence-corrected chi connectivity index (χ2v) is 7.48. The quantitative estimate of drug-likeness (QED) is 0.346. The Kier molecular flexibility index (Phi) is 4.52. The molecule has 128 valence electrons. The van der Waals surface area contributed by atoms with E-state index in [2.05, 4.69) is 120 Å². The van der Waals surface area contributed by atoms with Gasteiger partial charge in [-0.05, 0) is 59.2 Å². The van der Waals surface area contributed by atoms with Gasteiger partial charge < -0.3 is 4.90 Å². The Bertz CT molecular complexity index is 1080. The van der Waals surface area contributed by atoms with Gasteiger partial charge >= 0.3 is 0 Å². The molecule has 0 fully saturated rings. The summed E-state index contributed by atoms with van der Waals surface area (Å²) in [5, 5.41) is 2.49. The predicted molar refractivity (Wildman–Crippen MR) is 116 cm³/mol. The highest BCUT2D eigenvalue weighted by Crippen LogP contribution is 2.36. The zero-order valence-electron chi connectivity index (χ0n) is 14.9. The number of nitrogens with zero attached hydrogens (tertiary/aromatic N) is 1. The van der Waals surface area contributed by atoms with E-state index in [-0.39, 0.29) is 0 Å². The molecule has 0 bridgehead atoms. The van der Waals surface area contributed by atoms with Crippen molar-refractivity contribution in [2.45, 2.75) is 6.92 Å². The highest BCUT2D eigenvalue weighted by atomic mass is 79.9. The third-order valence-corrected chi connectivity index (χ3v) is 5.35. The van der Waals surface area contributed by atoms with E-state index in [1.54, 1.807) is 0 Å². The molecule has 2 heteroatoms. The van der Waals surface area contributed by atoms with Crippen molar-refractivity contribution in [2.24, 2.45) is 0 Å². The lowest BCUT2D eigenvalue weighted by Crippen LogP contribution is -2.11. The summed E-state index contributed by atoms with van der Waals surface area (Å²) in [5.41, 5.74) is 6.18. The molecule has 1 nitrogen and oxygen atoms in total. The van der Waals surface area contributed by atoms with E-state index in [1.807, 2.05) is 0 Å². The summed E-state index contributed by atoms with van der Waals surface area (Å²) in [7, 11) is 2.14. The fourth-order valence-corrected chi connectivity index (χ4v) is 3.84. The number of halogens is 1. The zero-order chi connectivity index (χ0) is 18.1. The fraction of sp³-hybridized carbons (Fsp3) is 0.0833. The van der Waals surface area contributed by atoms with E-state index in [4.69, 9.17) is 0 Å². The predicted octanol–water partition coefficient (Wildman–Crippen LogP) is 7.35. The smallest absolute Gasteiger partial charge is 0.0487 e. The van der Waals surface area contributed by atoms with Crippen molar-refractivity contribution in [1.82, 2.24) is 0 Å². The molecule has 0 radical (unpaired) electrons. The number of rotatable bonds is 3. The van der Waals surface area contributed by atoms with Gasteiger partial charge in [0.25, 0.3) is 0 Å². The summed E-state index contributed by atoms with van der Waals surface area (Å²) in [5.74, 6) is 0. The second-order valence-electron chi connectivity index (χ2n) is 6.57. The van der Waals surface area contributed by atoms with Gasteiger partial charge in [0, 0.05) is 28.5 Å². The van der Waals surface area contributed by atoms with Gasteiger partial charge in [0.15, 0.2) is 0 Å². The van der Waals surface area contributed by atoms with Crippen LogP contribution in [0.5, 0.6) is 0 Å². The fourth-order valence-electron chi connectivity index (χ4n) is 3.46. The topological polar surface area (TPSA) is 3.24 Å². The Morgan fingerprint density at radius 2 is 1.35 bits per heavy atom. The molecular formula is C24H20BrN. The third-order valence-electron chi connectivity index (χ3n) is 4.86. The monoisotopic (exact) mass is 401 g/mol. The minimum Gasteiger partial charge on any atom is -0.344 e. The molecule has 4 aromatic carbocycles. The van der Waals surface area contributed by atoms with Gasteiger partial charge in [-0.15, -0.1) is 0 Å². The van der Waals surface area contributed by atoms with Crippen LogP contribution in [-0.4, -0.2) is 7.05 Å². The Morgan fingerprint density at radius 1 is 0.692 bits per heavy atom. The molecule has 4 aromatic rings. The van der Waals surface area contributed by atoms with Crippen molar-refractivity contribution in [2.75, 3.05) is 11.9 Å². The van der Waals surface area contributed by atoms with Crippen LogP contribution in [0.1, 0.15) is 5.56 Å². The summed E-state index contributed by atoms with van der Waals surface area (Å²) >= 11 is 3.55. The van der Waals surface area contributed by atoms with Gasteiger partial charge in [-0.1, -0.05) is 70.5 Å². The summed E-state index contributed by atoms with van der Waals surface area (Å²) in [6, 6.07) is 30.2. The lowest BCUT2D eigenvalue weighted by atomic mass is 9.99. The Labute approximate surface area is 163 Å². The normalized spacial score (nSPS) is 10.9. The molecule has 0 atom stereocenters. The molecule has 0 aliphatic carbocycles. The van der Waals surface area contributed by atoms with E-state index in [1.165, 1.54) is 38.8 Å². The molecule has 0 amide bonds. The Morgan fingerprint density at radius 3 is 2.15 bits per heavy atom. The van der Waals surface area contributed by atoms with Crippen LogP contribution < -0.4 is 4.90 Å². The van der Waals surface area contributed by atoms with Crippen molar-refractivity contribution in [1.29, 1.82) is 0 Å². The van der Waals surface area contributed by atoms with Crippen molar-refractivity contribution < 1.29 is 0 Å². The molecule has 0 N–H and O–H groups in total. The second kappa shape index (κ2) is 6.97. The molecule has 0 aliphatic rings. The van der Waals surface area contributed by atoms with E-state index in [9.17, 15) is 0 Å². The van der Waals surface area contributed by atoms with E-state index < -0.39 is 0 Å². The van der Waals surface area contributed by atoms with Gasteiger partial charge in [0.05, 0.1) is 0 Å². The van der Waals surface area contributed by atoms with Crippen molar-refractivity contribution >= 4 is 38.1 Å². The number of aryl methyl sites for hydroxylation is 1. The summed E-state index contributed by atoms with van der Waals surface area (Å²) in [4.78, 5) is 2.27. The first kappa shape index (κ1) is 16.9.